The number of nitrogens with zero attached hydrogens (tertiary/aromatic N) is 3. The van der Waals surface area contributed by atoms with E-state index in [4.69, 9.17) is 0 Å². The summed E-state index contributed by atoms with van der Waals surface area (Å²) < 4.78 is 78.9. The lowest BCUT2D eigenvalue weighted by Crippen LogP contribution is -2.23. The minimum atomic E-state index is -4.63. The first-order valence-corrected chi connectivity index (χ1v) is 9.69. The molecule has 0 unspecified atom stereocenters. The average molecular weight is 466 g/mol. The number of halogens is 6. The lowest BCUT2D eigenvalue weighted by Gasteiger charge is -2.11. The van der Waals surface area contributed by atoms with Gasteiger partial charge in [-0.15, -0.1) is 0 Å². The molecule has 0 saturated carbocycles. The fourth-order valence-electron chi connectivity index (χ4n) is 3.56. The standard InChI is InChI=1S/C22H16F6N4O/c1-32-11-15(20(31-32)22(26,27)28)18-7-6-14-16(29-18)8-9-17(14)30-19(33)10-12-2-4-13(5-3-12)21(23,24)25/h2-7,9,11H,8,10H2,1H3,(H,30,33). The summed E-state index contributed by atoms with van der Waals surface area (Å²) in [6.45, 7) is 0. The molecule has 0 bridgehead atoms. The van der Waals surface area contributed by atoms with Gasteiger partial charge in [-0.2, -0.15) is 31.4 Å². The molecule has 1 amide bonds. The van der Waals surface area contributed by atoms with E-state index in [9.17, 15) is 31.1 Å². The molecule has 33 heavy (non-hydrogen) atoms. The fourth-order valence-corrected chi connectivity index (χ4v) is 3.56. The molecule has 0 saturated heterocycles. The monoisotopic (exact) mass is 466 g/mol. The summed E-state index contributed by atoms with van der Waals surface area (Å²) in [6, 6.07) is 7.28. The van der Waals surface area contributed by atoms with Gasteiger partial charge in [-0.25, -0.2) is 0 Å². The second kappa shape index (κ2) is 8.05. The second-order valence-electron chi connectivity index (χ2n) is 7.50. The van der Waals surface area contributed by atoms with Crippen molar-refractivity contribution in [1.29, 1.82) is 0 Å². The number of carbonyl (C=O) groups is 1. The summed E-state index contributed by atoms with van der Waals surface area (Å²) in [7, 11) is 1.39. The molecule has 0 atom stereocenters. The van der Waals surface area contributed by atoms with Gasteiger partial charge in [0.25, 0.3) is 0 Å². The molecule has 0 fully saturated rings. The van der Waals surface area contributed by atoms with Crippen molar-refractivity contribution in [3.05, 3.63) is 76.7 Å². The van der Waals surface area contributed by atoms with Crippen molar-refractivity contribution in [3.8, 4) is 11.3 Å². The number of aryl methyl sites for hydroxylation is 1. The fraction of sp³-hybridized carbons (Fsp3) is 0.227. The van der Waals surface area contributed by atoms with Gasteiger partial charge in [0.15, 0.2) is 5.69 Å². The number of fused-ring (bicyclic) bond motifs is 1. The van der Waals surface area contributed by atoms with Gasteiger partial charge < -0.3 is 5.32 Å². The molecule has 1 aliphatic rings. The highest BCUT2D eigenvalue weighted by Gasteiger charge is 2.38. The van der Waals surface area contributed by atoms with Crippen LogP contribution in [-0.2, 0) is 37.0 Å². The first-order chi connectivity index (χ1) is 15.4. The van der Waals surface area contributed by atoms with Crippen LogP contribution in [0.3, 0.4) is 0 Å². The lowest BCUT2D eigenvalue weighted by molar-refractivity contribution is -0.141. The number of carbonyl (C=O) groups excluding carboxylic acids is 1. The zero-order chi connectivity index (χ0) is 24.0. The zero-order valence-corrected chi connectivity index (χ0v) is 17.1. The van der Waals surface area contributed by atoms with Crippen LogP contribution >= 0.6 is 0 Å². The molecule has 2 aromatic heterocycles. The minimum absolute atomic E-state index is 0.111. The third-order valence-corrected chi connectivity index (χ3v) is 5.06. The van der Waals surface area contributed by atoms with Crippen molar-refractivity contribution >= 4 is 11.6 Å². The molecule has 2 heterocycles. The predicted molar refractivity (Wildman–Crippen MR) is 106 cm³/mol. The number of allylic oxidation sites excluding steroid dienone is 1. The van der Waals surface area contributed by atoms with Crippen molar-refractivity contribution in [2.45, 2.75) is 25.2 Å². The Morgan fingerprint density at radius 3 is 2.33 bits per heavy atom. The maximum atomic E-state index is 13.3. The van der Waals surface area contributed by atoms with E-state index in [0.717, 1.165) is 16.8 Å². The van der Waals surface area contributed by atoms with Gasteiger partial charge in [-0.05, 0) is 29.8 Å². The Morgan fingerprint density at radius 1 is 1.00 bits per heavy atom. The summed E-state index contributed by atoms with van der Waals surface area (Å²) in [5, 5.41) is 6.17. The number of alkyl halides is 6. The maximum absolute atomic E-state index is 13.3. The molecule has 5 nitrogen and oxygen atoms in total. The van der Waals surface area contributed by atoms with E-state index in [-0.39, 0.29) is 17.7 Å². The quantitative estimate of drug-likeness (QED) is 0.564. The van der Waals surface area contributed by atoms with Gasteiger partial charge in [0.2, 0.25) is 5.91 Å². The summed E-state index contributed by atoms with van der Waals surface area (Å²) in [6.07, 6.45) is -6.00. The number of nitrogens with one attached hydrogen (secondary N) is 1. The molecular formula is C22H16F6N4O. The predicted octanol–water partition coefficient (Wildman–Crippen LogP) is 4.78. The SMILES string of the molecule is Cn1cc(-c2ccc3c(n2)CC=C3NC(=O)Cc2ccc(C(F)(F)F)cc2)c(C(F)(F)F)n1. The Bertz CT molecular complexity index is 1240. The molecule has 0 spiro atoms. The minimum Gasteiger partial charge on any atom is -0.325 e. The van der Waals surface area contributed by atoms with E-state index >= 15 is 0 Å². The number of amides is 1. The first-order valence-electron chi connectivity index (χ1n) is 9.69. The van der Waals surface area contributed by atoms with Crippen LogP contribution < -0.4 is 5.32 Å². The molecule has 1 N–H and O–H groups in total. The van der Waals surface area contributed by atoms with Gasteiger partial charge in [0.05, 0.1) is 28.9 Å². The summed E-state index contributed by atoms with van der Waals surface area (Å²) in [5.41, 5.74) is 0.0442. The van der Waals surface area contributed by atoms with Gasteiger partial charge in [0, 0.05) is 30.9 Å². The largest absolute Gasteiger partial charge is 0.435 e. The molecule has 1 aromatic carbocycles. The summed E-state index contributed by atoms with van der Waals surface area (Å²) in [4.78, 5) is 16.7. The Hall–Kier alpha value is -3.63. The van der Waals surface area contributed by atoms with Crippen molar-refractivity contribution in [1.82, 2.24) is 20.1 Å². The van der Waals surface area contributed by atoms with Crippen molar-refractivity contribution in [3.63, 3.8) is 0 Å². The highest BCUT2D eigenvalue weighted by Crippen LogP contribution is 2.36. The van der Waals surface area contributed by atoms with E-state index in [2.05, 4.69) is 15.4 Å². The smallest absolute Gasteiger partial charge is 0.325 e. The Kier molecular flexibility index (Phi) is 5.51. The third-order valence-electron chi connectivity index (χ3n) is 5.06. The Balaban J connectivity index is 1.48. The van der Waals surface area contributed by atoms with E-state index in [0.29, 0.717) is 28.9 Å². The normalized spacial score (nSPS) is 13.6. The van der Waals surface area contributed by atoms with Crippen molar-refractivity contribution < 1.29 is 31.1 Å². The second-order valence-corrected chi connectivity index (χ2v) is 7.50. The highest BCUT2D eigenvalue weighted by molar-refractivity contribution is 5.89. The van der Waals surface area contributed by atoms with Crippen molar-refractivity contribution in [2.24, 2.45) is 7.05 Å². The van der Waals surface area contributed by atoms with Crippen molar-refractivity contribution in [2.75, 3.05) is 0 Å². The molecule has 3 aromatic rings. The lowest BCUT2D eigenvalue weighted by atomic mass is 10.1. The number of pyridine rings is 1. The van der Waals surface area contributed by atoms with Crippen LogP contribution in [0.1, 0.15) is 28.1 Å². The molecular weight excluding hydrogens is 450 g/mol. The molecule has 0 radical (unpaired) electrons. The Morgan fingerprint density at radius 2 is 1.70 bits per heavy atom. The van der Waals surface area contributed by atoms with E-state index in [1.165, 1.54) is 31.4 Å². The molecule has 172 valence electrons. The van der Waals surface area contributed by atoms with E-state index < -0.39 is 29.5 Å². The number of aromatic nitrogens is 3. The van der Waals surface area contributed by atoms with Gasteiger partial charge in [-0.3, -0.25) is 14.5 Å². The topological polar surface area (TPSA) is 59.8 Å². The van der Waals surface area contributed by atoms with Crippen LogP contribution in [0.4, 0.5) is 26.3 Å². The maximum Gasteiger partial charge on any atom is 0.435 e. The van der Waals surface area contributed by atoms with Crippen LogP contribution in [0.25, 0.3) is 17.0 Å². The van der Waals surface area contributed by atoms with E-state index in [1.54, 1.807) is 12.1 Å². The van der Waals surface area contributed by atoms with Crippen LogP contribution in [-0.4, -0.2) is 20.7 Å². The number of benzene rings is 1. The van der Waals surface area contributed by atoms with Crippen LogP contribution in [0.5, 0.6) is 0 Å². The molecule has 11 heteroatoms. The average Bonchev–Trinajstić information content (AvgIpc) is 3.31. The number of rotatable bonds is 4. The van der Waals surface area contributed by atoms with Gasteiger partial charge >= 0.3 is 12.4 Å². The van der Waals surface area contributed by atoms with Gasteiger partial charge in [-0.1, -0.05) is 18.2 Å². The zero-order valence-electron chi connectivity index (χ0n) is 17.1. The summed E-state index contributed by atoms with van der Waals surface area (Å²) in [5.74, 6) is -0.440. The first kappa shape index (κ1) is 22.6. The Labute approximate surface area is 183 Å². The van der Waals surface area contributed by atoms with Crippen LogP contribution in [0, 0.1) is 0 Å². The van der Waals surface area contributed by atoms with Gasteiger partial charge in [0.1, 0.15) is 0 Å². The van der Waals surface area contributed by atoms with E-state index in [1.807, 2.05) is 0 Å². The number of hydrogen-bond acceptors (Lipinski definition) is 3. The summed E-state index contributed by atoms with van der Waals surface area (Å²) >= 11 is 0. The highest BCUT2D eigenvalue weighted by atomic mass is 19.4. The third kappa shape index (κ3) is 4.76. The molecule has 4 rings (SSSR count). The molecule has 0 aliphatic heterocycles. The van der Waals surface area contributed by atoms with Crippen LogP contribution in [0.15, 0.2) is 48.7 Å². The molecule has 1 aliphatic carbocycles. The number of hydrogen-bond donors (Lipinski definition) is 1. The van der Waals surface area contributed by atoms with Crippen LogP contribution in [0.2, 0.25) is 0 Å².